The van der Waals surface area contributed by atoms with E-state index >= 15 is 0 Å². The molecule has 3 aromatic rings. The van der Waals surface area contributed by atoms with Gasteiger partial charge in [0.05, 0.1) is 13.2 Å². The number of carbonyl (C=O) groups is 1. The highest BCUT2D eigenvalue weighted by atomic mass is 32.2. The fraction of sp³-hybridized carbons (Fsp3) is 0.190. The van der Waals surface area contributed by atoms with Crippen LogP contribution < -0.4 is 5.32 Å². The van der Waals surface area contributed by atoms with Crippen molar-refractivity contribution in [1.29, 1.82) is 0 Å². The molecule has 2 heterocycles. The Morgan fingerprint density at radius 2 is 1.72 bits per heavy atom. The van der Waals surface area contributed by atoms with Crippen molar-refractivity contribution in [1.82, 2.24) is 4.31 Å². The van der Waals surface area contributed by atoms with Crippen LogP contribution in [0.15, 0.2) is 70.9 Å². The maximum Gasteiger partial charge on any atom is 0.255 e. The van der Waals surface area contributed by atoms with Gasteiger partial charge in [-0.15, -0.1) is 11.3 Å². The summed E-state index contributed by atoms with van der Waals surface area (Å²) in [5, 5.41) is 2.86. The summed E-state index contributed by atoms with van der Waals surface area (Å²) >= 11 is 1.21. The quantitative estimate of drug-likeness (QED) is 0.673. The standard InChI is InChI=1S/C21H20N2O4S2/c24-21(22-18-7-2-1-3-8-18)17-6-4-5-16(15-17)19-9-10-20(28-19)29(25,26)23-11-13-27-14-12-23/h1-10,15H,11-14H2,(H,22,24). The highest BCUT2D eigenvalue weighted by molar-refractivity contribution is 7.91. The zero-order valence-corrected chi connectivity index (χ0v) is 17.2. The molecule has 150 valence electrons. The van der Waals surface area contributed by atoms with Crippen LogP contribution >= 0.6 is 11.3 Å². The molecule has 1 amide bonds. The monoisotopic (exact) mass is 428 g/mol. The summed E-state index contributed by atoms with van der Waals surface area (Å²) in [6.45, 7) is 1.56. The number of sulfonamides is 1. The summed E-state index contributed by atoms with van der Waals surface area (Å²) in [5.74, 6) is -0.212. The highest BCUT2D eigenvalue weighted by Gasteiger charge is 2.27. The van der Waals surface area contributed by atoms with Crippen molar-refractivity contribution in [2.75, 3.05) is 31.6 Å². The zero-order chi connectivity index (χ0) is 20.3. The predicted octanol–water partition coefficient (Wildman–Crippen LogP) is 3.69. The molecule has 1 fully saturated rings. The third kappa shape index (κ3) is 4.40. The summed E-state index contributed by atoms with van der Waals surface area (Å²) in [4.78, 5) is 13.3. The molecule has 8 heteroatoms. The second-order valence-electron chi connectivity index (χ2n) is 6.54. The predicted molar refractivity (Wildman–Crippen MR) is 114 cm³/mol. The van der Waals surface area contributed by atoms with Gasteiger partial charge in [0.2, 0.25) is 0 Å². The molecule has 2 aromatic carbocycles. The number of para-hydroxylation sites is 1. The SMILES string of the molecule is O=C(Nc1ccccc1)c1cccc(-c2ccc(S(=O)(=O)N3CCOCC3)s2)c1. The number of benzene rings is 2. The molecule has 0 atom stereocenters. The molecule has 1 aliphatic rings. The van der Waals surface area contributed by atoms with E-state index in [1.807, 2.05) is 36.4 Å². The van der Waals surface area contributed by atoms with Gasteiger partial charge in [-0.1, -0.05) is 30.3 Å². The summed E-state index contributed by atoms with van der Waals surface area (Å²) in [5.41, 5.74) is 2.04. The van der Waals surface area contributed by atoms with E-state index < -0.39 is 10.0 Å². The number of hydrogen-bond acceptors (Lipinski definition) is 5. The minimum atomic E-state index is -3.52. The topological polar surface area (TPSA) is 75.7 Å². The van der Waals surface area contributed by atoms with Crippen LogP contribution in [-0.4, -0.2) is 44.9 Å². The Balaban J connectivity index is 1.55. The number of nitrogens with one attached hydrogen (secondary N) is 1. The molecule has 0 saturated carbocycles. The molecule has 0 bridgehead atoms. The lowest BCUT2D eigenvalue weighted by Gasteiger charge is -2.25. The van der Waals surface area contributed by atoms with E-state index in [-0.39, 0.29) is 5.91 Å². The van der Waals surface area contributed by atoms with E-state index in [1.165, 1.54) is 15.6 Å². The summed E-state index contributed by atoms with van der Waals surface area (Å²) < 4.78 is 32.7. The number of thiophene rings is 1. The Labute approximate surface area is 173 Å². The lowest BCUT2D eigenvalue weighted by atomic mass is 10.1. The van der Waals surface area contributed by atoms with Crippen molar-refractivity contribution in [2.45, 2.75) is 4.21 Å². The second kappa shape index (κ2) is 8.46. The van der Waals surface area contributed by atoms with Gasteiger partial charge >= 0.3 is 0 Å². The van der Waals surface area contributed by atoms with Crippen molar-refractivity contribution in [3.8, 4) is 10.4 Å². The normalized spacial score (nSPS) is 15.2. The van der Waals surface area contributed by atoms with Gasteiger partial charge in [0, 0.05) is 29.2 Å². The van der Waals surface area contributed by atoms with Crippen LogP contribution in [0, 0.1) is 0 Å². The number of rotatable bonds is 5. The molecule has 29 heavy (non-hydrogen) atoms. The number of anilines is 1. The molecule has 0 aliphatic carbocycles. The van der Waals surface area contributed by atoms with E-state index in [1.54, 1.807) is 30.3 Å². The first-order chi connectivity index (χ1) is 14.0. The van der Waals surface area contributed by atoms with Gasteiger partial charge in [-0.05, 0) is 42.0 Å². The Kier molecular flexibility index (Phi) is 5.77. The molecular weight excluding hydrogens is 408 g/mol. The Bertz CT molecular complexity index is 1100. The minimum absolute atomic E-state index is 0.212. The average Bonchev–Trinajstić information content (AvgIpc) is 3.26. The third-order valence-electron chi connectivity index (χ3n) is 4.59. The van der Waals surface area contributed by atoms with Crippen molar-refractivity contribution in [2.24, 2.45) is 0 Å². The lowest BCUT2D eigenvalue weighted by molar-refractivity contribution is 0.0731. The van der Waals surface area contributed by atoms with E-state index in [2.05, 4.69) is 5.32 Å². The number of amides is 1. The highest BCUT2D eigenvalue weighted by Crippen LogP contribution is 2.33. The molecule has 0 unspecified atom stereocenters. The Morgan fingerprint density at radius 1 is 0.966 bits per heavy atom. The first kappa shape index (κ1) is 19.8. The van der Waals surface area contributed by atoms with Crippen LogP contribution in [0.3, 0.4) is 0 Å². The number of hydrogen-bond donors (Lipinski definition) is 1. The molecule has 1 saturated heterocycles. The Morgan fingerprint density at radius 3 is 2.48 bits per heavy atom. The van der Waals surface area contributed by atoms with Gasteiger partial charge in [0.15, 0.2) is 0 Å². The second-order valence-corrected chi connectivity index (χ2v) is 9.78. The number of ether oxygens (including phenoxy) is 1. The average molecular weight is 429 g/mol. The van der Waals surface area contributed by atoms with Crippen molar-refractivity contribution in [3.05, 3.63) is 72.3 Å². The van der Waals surface area contributed by atoms with Gasteiger partial charge in [-0.25, -0.2) is 8.42 Å². The molecule has 0 spiro atoms. The smallest absolute Gasteiger partial charge is 0.255 e. The first-order valence-electron chi connectivity index (χ1n) is 9.18. The van der Waals surface area contributed by atoms with E-state index in [0.717, 1.165) is 16.1 Å². The Hall–Kier alpha value is -2.52. The van der Waals surface area contributed by atoms with Crippen molar-refractivity contribution >= 4 is 33.0 Å². The zero-order valence-electron chi connectivity index (χ0n) is 15.6. The van der Waals surface area contributed by atoms with Gasteiger partial charge in [0.1, 0.15) is 4.21 Å². The number of nitrogens with zero attached hydrogens (tertiary/aromatic N) is 1. The number of carbonyl (C=O) groups excluding carboxylic acids is 1. The maximum absolute atomic E-state index is 12.8. The number of morpholine rings is 1. The molecule has 6 nitrogen and oxygen atoms in total. The first-order valence-corrected chi connectivity index (χ1v) is 11.4. The van der Waals surface area contributed by atoms with E-state index in [9.17, 15) is 13.2 Å². The van der Waals surface area contributed by atoms with Crippen LogP contribution in [0.25, 0.3) is 10.4 Å². The third-order valence-corrected chi connectivity index (χ3v) is 8.09. The van der Waals surface area contributed by atoms with Crippen LogP contribution in [-0.2, 0) is 14.8 Å². The van der Waals surface area contributed by atoms with Crippen LogP contribution in [0.2, 0.25) is 0 Å². The van der Waals surface area contributed by atoms with Gasteiger partial charge in [-0.3, -0.25) is 4.79 Å². The maximum atomic E-state index is 12.8. The molecule has 1 aliphatic heterocycles. The lowest BCUT2D eigenvalue weighted by Crippen LogP contribution is -2.40. The van der Waals surface area contributed by atoms with Crippen molar-refractivity contribution in [3.63, 3.8) is 0 Å². The van der Waals surface area contributed by atoms with Crippen LogP contribution in [0.5, 0.6) is 0 Å². The van der Waals surface area contributed by atoms with Crippen molar-refractivity contribution < 1.29 is 17.9 Å². The van der Waals surface area contributed by atoms with Crippen LogP contribution in [0.1, 0.15) is 10.4 Å². The van der Waals surface area contributed by atoms with E-state index in [0.29, 0.717) is 36.1 Å². The molecule has 0 radical (unpaired) electrons. The fourth-order valence-electron chi connectivity index (χ4n) is 3.07. The van der Waals surface area contributed by atoms with E-state index in [4.69, 9.17) is 4.74 Å². The van der Waals surface area contributed by atoms with Crippen LogP contribution in [0.4, 0.5) is 5.69 Å². The van der Waals surface area contributed by atoms with Gasteiger partial charge in [0.25, 0.3) is 15.9 Å². The van der Waals surface area contributed by atoms with Gasteiger partial charge < -0.3 is 10.1 Å². The molecule has 4 rings (SSSR count). The largest absolute Gasteiger partial charge is 0.379 e. The molecule has 1 N–H and O–H groups in total. The summed E-state index contributed by atoms with van der Waals surface area (Å²) in [7, 11) is -3.52. The van der Waals surface area contributed by atoms with Gasteiger partial charge in [-0.2, -0.15) is 4.31 Å². The summed E-state index contributed by atoms with van der Waals surface area (Å²) in [6.07, 6.45) is 0. The minimum Gasteiger partial charge on any atom is -0.379 e. The summed E-state index contributed by atoms with van der Waals surface area (Å²) in [6, 6.07) is 19.8. The fourth-order valence-corrected chi connectivity index (χ4v) is 5.93. The molecule has 1 aromatic heterocycles. The molecular formula is C21H20N2O4S2.